The first-order valence-electron chi connectivity index (χ1n) is 6.72. The van der Waals surface area contributed by atoms with E-state index in [0.717, 1.165) is 50.0 Å². The number of aliphatic hydroxyl groups is 1. The van der Waals surface area contributed by atoms with Crippen LogP contribution in [0.3, 0.4) is 0 Å². The lowest BCUT2D eigenvalue weighted by molar-refractivity contribution is -0.139. The van der Waals surface area contributed by atoms with Crippen molar-refractivity contribution in [1.29, 1.82) is 0 Å². The Morgan fingerprint density at radius 3 is 3.22 bits per heavy atom. The minimum absolute atomic E-state index is 0.0586. The lowest BCUT2D eigenvalue weighted by Gasteiger charge is -2.33. The molecule has 0 spiro atoms. The number of piperidine rings is 1. The topological polar surface area (TPSA) is 69.2 Å². The molecule has 0 aromatic carbocycles. The summed E-state index contributed by atoms with van der Waals surface area (Å²) in [6, 6.07) is 0. The maximum absolute atomic E-state index is 12.4. The van der Waals surface area contributed by atoms with E-state index >= 15 is 0 Å². The molecule has 98 valence electrons. The molecule has 1 saturated heterocycles. The Balaban J connectivity index is 1.67. The number of likely N-dealkylation sites (tertiary alicyclic amines) is 1. The molecule has 1 fully saturated rings. The van der Waals surface area contributed by atoms with Gasteiger partial charge in [-0.15, -0.1) is 0 Å². The molecule has 5 nitrogen and oxygen atoms in total. The molecule has 2 N–H and O–H groups in total. The molecule has 18 heavy (non-hydrogen) atoms. The third kappa shape index (κ3) is 2.14. The number of rotatable bonds is 1. The maximum Gasteiger partial charge on any atom is 0.226 e. The van der Waals surface area contributed by atoms with Crippen LogP contribution in [-0.2, 0) is 17.6 Å². The number of hydrogen-bond acceptors (Lipinski definition) is 3. The van der Waals surface area contributed by atoms with Gasteiger partial charge in [-0.2, -0.15) is 0 Å². The fourth-order valence-electron chi connectivity index (χ4n) is 3.02. The first-order chi connectivity index (χ1) is 8.74. The van der Waals surface area contributed by atoms with E-state index in [9.17, 15) is 9.90 Å². The van der Waals surface area contributed by atoms with Crippen LogP contribution in [0.1, 0.15) is 30.7 Å². The Morgan fingerprint density at radius 1 is 1.50 bits per heavy atom. The Morgan fingerprint density at radius 2 is 2.39 bits per heavy atom. The fourth-order valence-corrected chi connectivity index (χ4v) is 3.02. The van der Waals surface area contributed by atoms with Crippen LogP contribution in [-0.4, -0.2) is 45.1 Å². The van der Waals surface area contributed by atoms with Crippen molar-refractivity contribution in [3.05, 3.63) is 17.7 Å². The predicted octanol–water partition coefficient (Wildman–Crippen LogP) is 0.498. The number of aromatic nitrogens is 2. The van der Waals surface area contributed by atoms with Crippen molar-refractivity contribution >= 4 is 5.91 Å². The van der Waals surface area contributed by atoms with Gasteiger partial charge in [0.25, 0.3) is 0 Å². The summed E-state index contributed by atoms with van der Waals surface area (Å²) >= 11 is 0. The standard InChI is InChI=1S/C13H19N3O2/c17-10-2-1-5-16(7-10)13(18)9-3-4-11-12(6-9)15-8-14-11/h8-10,17H,1-7H2,(H,14,15)/t9-,10+/m0/s1. The number of carbonyl (C=O) groups excluding carboxylic acids is 1. The highest BCUT2D eigenvalue weighted by Gasteiger charge is 2.31. The zero-order valence-corrected chi connectivity index (χ0v) is 10.4. The fraction of sp³-hybridized carbons (Fsp3) is 0.692. The van der Waals surface area contributed by atoms with Gasteiger partial charge in [0.1, 0.15) is 0 Å². The van der Waals surface area contributed by atoms with Gasteiger partial charge in [-0.25, -0.2) is 4.98 Å². The van der Waals surface area contributed by atoms with Crippen LogP contribution in [0.2, 0.25) is 0 Å². The van der Waals surface area contributed by atoms with Crippen molar-refractivity contribution in [2.75, 3.05) is 13.1 Å². The lowest BCUT2D eigenvalue weighted by atomic mass is 9.88. The van der Waals surface area contributed by atoms with Crippen molar-refractivity contribution in [2.24, 2.45) is 5.92 Å². The molecule has 0 saturated carbocycles. The predicted molar refractivity (Wildman–Crippen MR) is 65.9 cm³/mol. The summed E-state index contributed by atoms with van der Waals surface area (Å²) in [4.78, 5) is 21.6. The number of amides is 1. The highest BCUT2D eigenvalue weighted by atomic mass is 16.3. The van der Waals surface area contributed by atoms with Crippen molar-refractivity contribution < 1.29 is 9.90 Å². The molecule has 1 aromatic rings. The molecule has 0 bridgehead atoms. The van der Waals surface area contributed by atoms with Gasteiger partial charge in [0.15, 0.2) is 0 Å². The first kappa shape index (κ1) is 11.7. The number of aryl methyl sites for hydroxylation is 1. The van der Waals surface area contributed by atoms with Crippen molar-refractivity contribution in [3.63, 3.8) is 0 Å². The minimum Gasteiger partial charge on any atom is -0.391 e. The summed E-state index contributed by atoms with van der Waals surface area (Å²) in [6.07, 6.45) is 5.63. The second-order valence-electron chi connectivity index (χ2n) is 5.35. The number of β-amino-alcohol motifs (C(OH)–C–C–N with tert-alkyl or cyclic N) is 1. The highest BCUT2D eigenvalue weighted by Crippen LogP contribution is 2.25. The molecular weight excluding hydrogens is 230 g/mol. The average molecular weight is 249 g/mol. The normalized spacial score (nSPS) is 27.9. The zero-order chi connectivity index (χ0) is 12.5. The largest absolute Gasteiger partial charge is 0.391 e. The quantitative estimate of drug-likeness (QED) is 0.761. The number of hydrogen-bond donors (Lipinski definition) is 2. The molecule has 5 heteroatoms. The summed E-state index contributed by atoms with van der Waals surface area (Å²) in [5.41, 5.74) is 2.22. The van der Waals surface area contributed by atoms with Crippen molar-refractivity contribution in [1.82, 2.24) is 14.9 Å². The molecule has 0 radical (unpaired) electrons. The van der Waals surface area contributed by atoms with Gasteiger partial charge in [-0.3, -0.25) is 4.79 Å². The Bertz CT molecular complexity index is 443. The molecule has 3 rings (SSSR count). The van der Waals surface area contributed by atoms with E-state index in [1.165, 1.54) is 0 Å². The average Bonchev–Trinajstić information content (AvgIpc) is 2.85. The third-order valence-electron chi connectivity index (χ3n) is 4.05. The summed E-state index contributed by atoms with van der Waals surface area (Å²) < 4.78 is 0. The molecular formula is C13H19N3O2. The highest BCUT2D eigenvalue weighted by molar-refractivity contribution is 5.79. The molecule has 1 aliphatic heterocycles. The van der Waals surface area contributed by atoms with Crippen LogP contribution in [0.4, 0.5) is 0 Å². The molecule has 2 atom stereocenters. The third-order valence-corrected chi connectivity index (χ3v) is 4.05. The number of aromatic amines is 1. The summed E-state index contributed by atoms with van der Waals surface area (Å²) in [6.45, 7) is 1.30. The molecule has 0 unspecified atom stereocenters. The number of nitrogens with zero attached hydrogens (tertiary/aromatic N) is 2. The van der Waals surface area contributed by atoms with Gasteiger partial charge < -0.3 is 15.0 Å². The summed E-state index contributed by atoms with van der Waals surface area (Å²) in [5.74, 6) is 0.261. The van der Waals surface area contributed by atoms with E-state index in [2.05, 4.69) is 9.97 Å². The van der Waals surface area contributed by atoms with Crippen LogP contribution < -0.4 is 0 Å². The van der Waals surface area contributed by atoms with Gasteiger partial charge >= 0.3 is 0 Å². The van der Waals surface area contributed by atoms with E-state index in [-0.39, 0.29) is 17.9 Å². The van der Waals surface area contributed by atoms with Crippen LogP contribution in [0.5, 0.6) is 0 Å². The number of imidazole rings is 1. The van der Waals surface area contributed by atoms with Crippen LogP contribution in [0, 0.1) is 5.92 Å². The van der Waals surface area contributed by atoms with Gasteiger partial charge in [-0.1, -0.05) is 0 Å². The monoisotopic (exact) mass is 249 g/mol. The Labute approximate surface area is 106 Å². The smallest absolute Gasteiger partial charge is 0.226 e. The number of H-pyrrole nitrogens is 1. The second-order valence-corrected chi connectivity index (χ2v) is 5.35. The lowest BCUT2D eigenvalue weighted by Crippen LogP contribution is -2.45. The Kier molecular flexibility index (Phi) is 3.07. The maximum atomic E-state index is 12.4. The van der Waals surface area contributed by atoms with E-state index in [0.29, 0.717) is 6.54 Å². The van der Waals surface area contributed by atoms with E-state index < -0.39 is 0 Å². The number of carbonyl (C=O) groups is 1. The molecule has 2 heterocycles. The zero-order valence-electron chi connectivity index (χ0n) is 10.4. The second kappa shape index (κ2) is 4.72. The van der Waals surface area contributed by atoms with Gasteiger partial charge in [0, 0.05) is 31.1 Å². The molecule has 1 aromatic heterocycles. The van der Waals surface area contributed by atoms with Gasteiger partial charge in [-0.05, 0) is 25.7 Å². The van der Waals surface area contributed by atoms with Crippen LogP contribution in [0.25, 0.3) is 0 Å². The molecule has 1 aliphatic carbocycles. The van der Waals surface area contributed by atoms with E-state index in [1.54, 1.807) is 6.33 Å². The summed E-state index contributed by atoms with van der Waals surface area (Å²) in [5, 5.41) is 9.64. The number of fused-ring (bicyclic) bond motifs is 1. The first-order valence-corrected chi connectivity index (χ1v) is 6.72. The van der Waals surface area contributed by atoms with Crippen molar-refractivity contribution in [3.8, 4) is 0 Å². The molecule has 1 amide bonds. The minimum atomic E-state index is -0.339. The van der Waals surface area contributed by atoms with Gasteiger partial charge in [0.05, 0.1) is 18.1 Å². The SMILES string of the molecule is O=C([C@H]1CCc2nc[nH]c2C1)N1CCC[C@@H](O)C1. The molecule has 2 aliphatic rings. The number of nitrogens with one attached hydrogen (secondary N) is 1. The van der Waals surface area contributed by atoms with Crippen LogP contribution >= 0.6 is 0 Å². The van der Waals surface area contributed by atoms with E-state index in [1.807, 2.05) is 4.90 Å². The van der Waals surface area contributed by atoms with E-state index in [4.69, 9.17) is 0 Å². The van der Waals surface area contributed by atoms with Crippen molar-refractivity contribution in [2.45, 2.75) is 38.2 Å². The Hall–Kier alpha value is -1.36. The summed E-state index contributed by atoms with van der Waals surface area (Å²) in [7, 11) is 0. The number of aliphatic hydroxyl groups excluding tert-OH is 1. The van der Waals surface area contributed by atoms with Crippen LogP contribution in [0.15, 0.2) is 6.33 Å². The van der Waals surface area contributed by atoms with Gasteiger partial charge in [0.2, 0.25) is 5.91 Å².